The second-order valence-electron chi connectivity index (χ2n) is 7.02. The summed E-state index contributed by atoms with van der Waals surface area (Å²) >= 11 is 0. The van der Waals surface area contributed by atoms with Crippen molar-refractivity contribution in [2.75, 3.05) is 0 Å². The predicted octanol–water partition coefficient (Wildman–Crippen LogP) is 6.18. The largest absolute Gasteiger partial charge is 0.379 e. The fourth-order valence-electron chi connectivity index (χ4n) is 4.33. The lowest BCUT2D eigenvalue weighted by molar-refractivity contribution is 0.766. The van der Waals surface area contributed by atoms with Crippen molar-refractivity contribution < 1.29 is 0 Å². The molecule has 1 heterocycles. The minimum atomic E-state index is -1.60. The summed E-state index contributed by atoms with van der Waals surface area (Å²) in [5.41, 5.74) is 4.85. The summed E-state index contributed by atoms with van der Waals surface area (Å²) in [6.45, 7) is 14.5. The van der Waals surface area contributed by atoms with Crippen LogP contribution >= 0.6 is 0 Å². The van der Waals surface area contributed by atoms with E-state index in [-0.39, 0.29) is 0 Å². The second kappa shape index (κ2) is 6.23. The molecule has 2 rings (SSSR count). The summed E-state index contributed by atoms with van der Waals surface area (Å²) in [6, 6.07) is 13.0. The molecule has 0 bridgehead atoms. The molecule has 0 atom stereocenters. The Morgan fingerprint density at radius 1 is 0.714 bits per heavy atom. The number of hydrogen-bond donors (Lipinski definition) is 0. The minimum Gasteiger partial charge on any atom is -0.379 e. The van der Waals surface area contributed by atoms with Gasteiger partial charge in [0.05, 0.1) is 0 Å². The van der Waals surface area contributed by atoms with Crippen LogP contribution in [0.15, 0.2) is 48.8 Å². The van der Waals surface area contributed by atoms with E-state index in [4.69, 9.17) is 0 Å². The van der Waals surface area contributed by atoms with E-state index in [9.17, 15) is 0 Å². The molecule has 0 radical (unpaired) electrons. The molecule has 1 nitrogen and oxygen atoms in total. The molecular formula is C19H29NSi. The SMILES string of the molecule is CC(C)[Si](C(C)C)(C(C)C)n1ccc(-c2ccccc2)c1. The molecular weight excluding hydrogens is 270 g/mol. The van der Waals surface area contributed by atoms with E-state index in [1.807, 2.05) is 0 Å². The zero-order valence-corrected chi connectivity index (χ0v) is 15.3. The first kappa shape index (κ1) is 16.1. The number of benzene rings is 1. The molecule has 0 N–H and O–H groups in total. The Bertz CT molecular complexity index is 544. The van der Waals surface area contributed by atoms with Crippen molar-refractivity contribution in [3.63, 3.8) is 0 Å². The molecule has 0 unspecified atom stereocenters. The topological polar surface area (TPSA) is 4.93 Å². The van der Waals surface area contributed by atoms with E-state index >= 15 is 0 Å². The highest BCUT2D eigenvalue weighted by molar-refractivity contribution is 6.82. The molecule has 2 heteroatoms. The van der Waals surface area contributed by atoms with Gasteiger partial charge in [-0.3, -0.25) is 0 Å². The molecule has 0 aliphatic rings. The zero-order valence-electron chi connectivity index (χ0n) is 14.3. The van der Waals surface area contributed by atoms with Crippen molar-refractivity contribution in [1.29, 1.82) is 0 Å². The van der Waals surface area contributed by atoms with Gasteiger partial charge in [-0.1, -0.05) is 71.9 Å². The van der Waals surface area contributed by atoms with E-state index in [0.29, 0.717) is 0 Å². The molecule has 0 amide bonds. The molecule has 0 spiro atoms. The Hall–Kier alpha value is -1.28. The number of aromatic nitrogens is 1. The Labute approximate surface area is 131 Å². The molecule has 0 saturated heterocycles. The highest BCUT2D eigenvalue weighted by atomic mass is 28.3. The second-order valence-corrected chi connectivity index (χ2v) is 12.8. The van der Waals surface area contributed by atoms with Crippen molar-refractivity contribution in [2.24, 2.45) is 0 Å². The summed E-state index contributed by atoms with van der Waals surface area (Å²) < 4.78 is 2.61. The highest BCUT2D eigenvalue weighted by Crippen LogP contribution is 2.43. The average Bonchev–Trinajstić information content (AvgIpc) is 2.89. The summed E-state index contributed by atoms with van der Waals surface area (Å²) in [5, 5.41) is 0. The van der Waals surface area contributed by atoms with Gasteiger partial charge in [0.25, 0.3) is 0 Å². The van der Waals surface area contributed by atoms with Crippen LogP contribution in [0, 0.1) is 0 Å². The van der Waals surface area contributed by atoms with E-state index in [2.05, 4.69) is 94.6 Å². The Kier molecular flexibility index (Phi) is 4.77. The summed E-state index contributed by atoms with van der Waals surface area (Å²) in [5.74, 6) is 0. The van der Waals surface area contributed by atoms with E-state index in [0.717, 1.165) is 16.6 Å². The van der Waals surface area contributed by atoms with Crippen LogP contribution in [0.25, 0.3) is 11.1 Å². The van der Waals surface area contributed by atoms with Gasteiger partial charge < -0.3 is 4.23 Å². The number of rotatable bonds is 5. The van der Waals surface area contributed by atoms with Crippen LogP contribution in [-0.4, -0.2) is 12.5 Å². The molecule has 0 saturated carbocycles. The Balaban J connectivity index is 2.51. The first-order chi connectivity index (χ1) is 9.90. The molecule has 114 valence electrons. The fourth-order valence-corrected chi connectivity index (χ4v) is 10.8. The number of hydrogen-bond acceptors (Lipinski definition) is 0. The third-order valence-electron chi connectivity index (χ3n) is 5.02. The average molecular weight is 300 g/mol. The van der Waals surface area contributed by atoms with Gasteiger partial charge in [0.1, 0.15) is 0 Å². The van der Waals surface area contributed by atoms with Crippen molar-refractivity contribution >= 4 is 8.24 Å². The maximum Gasteiger partial charge on any atom is 0.168 e. The van der Waals surface area contributed by atoms with Gasteiger partial charge in [-0.2, -0.15) is 0 Å². The summed E-state index contributed by atoms with van der Waals surface area (Å²) in [6.07, 6.45) is 4.72. The van der Waals surface area contributed by atoms with Gasteiger partial charge in [-0.15, -0.1) is 0 Å². The van der Waals surface area contributed by atoms with Crippen molar-refractivity contribution in [1.82, 2.24) is 4.23 Å². The van der Waals surface area contributed by atoms with Gasteiger partial charge in [0.15, 0.2) is 8.24 Å². The van der Waals surface area contributed by atoms with Crippen LogP contribution in [0.5, 0.6) is 0 Å². The lowest BCUT2D eigenvalue weighted by Crippen LogP contribution is -2.51. The van der Waals surface area contributed by atoms with Crippen LogP contribution in [0.2, 0.25) is 16.6 Å². The van der Waals surface area contributed by atoms with Crippen LogP contribution in [0.3, 0.4) is 0 Å². The minimum absolute atomic E-state index is 0.730. The Morgan fingerprint density at radius 3 is 1.71 bits per heavy atom. The standard InChI is InChI=1S/C19H29NSi/c1-15(2)21(16(3)4,17(5)6)20-13-12-19(14-20)18-10-8-7-9-11-18/h7-17H,1-6H3. The Morgan fingerprint density at radius 2 is 1.24 bits per heavy atom. The van der Waals surface area contributed by atoms with Crippen LogP contribution in [0.1, 0.15) is 41.5 Å². The molecule has 2 aromatic rings. The lowest BCUT2D eigenvalue weighted by Gasteiger charge is -2.44. The van der Waals surface area contributed by atoms with Gasteiger partial charge >= 0.3 is 0 Å². The fraction of sp³-hybridized carbons (Fsp3) is 0.474. The summed E-state index contributed by atoms with van der Waals surface area (Å²) in [4.78, 5) is 0. The third kappa shape index (κ3) is 2.74. The predicted molar refractivity (Wildman–Crippen MR) is 96.3 cm³/mol. The van der Waals surface area contributed by atoms with Crippen LogP contribution in [0.4, 0.5) is 0 Å². The smallest absolute Gasteiger partial charge is 0.168 e. The normalized spacial score (nSPS) is 12.6. The molecule has 21 heavy (non-hydrogen) atoms. The van der Waals surface area contributed by atoms with Gasteiger partial charge in [0, 0.05) is 6.20 Å². The first-order valence-electron chi connectivity index (χ1n) is 8.14. The number of nitrogens with zero attached hydrogens (tertiary/aromatic N) is 1. The molecule has 1 aromatic heterocycles. The van der Waals surface area contributed by atoms with E-state index < -0.39 is 8.24 Å². The third-order valence-corrected chi connectivity index (χ3v) is 11.7. The molecule has 0 aliphatic heterocycles. The quantitative estimate of drug-likeness (QED) is 0.581. The molecule has 0 fully saturated rings. The van der Waals surface area contributed by atoms with Crippen molar-refractivity contribution in [2.45, 2.75) is 58.2 Å². The zero-order chi connectivity index (χ0) is 15.6. The van der Waals surface area contributed by atoms with Crippen LogP contribution < -0.4 is 0 Å². The maximum atomic E-state index is 2.61. The first-order valence-corrected chi connectivity index (χ1v) is 10.3. The van der Waals surface area contributed by atoms with Gasteiger partial charge in [-0.25, -0.2) is 0 Å². The molecule has 0 aliphatic carbocycles. The highest BCUT2D eigenvalue weighted by Gasteiger charge is 2.44. The van der Waals surface area contributed by atoms with E-state index in [1.54, 1.807) is 0 Å². The maximum absolute atomic E-state index is 2.61. The van der Waals surface area contributed by atoms with Crippen molar-refractivity contribution in [3.8, 4) is 11.1 Å². The van der Waals surface area contributed by atoms with Crippen LogP contribution in [-0.2, 0) is 0 Å². The van der Waals surface area contributed by atoms with Crippen molar-refractivity contribution in [3.05, 3.63) is 48.8 Å². The monoisotopic (exact) mass is 299 g/mol. The molecule has 1 aromatic carbocycles. The van der Waals surface area contributed by atoms with Gasteiger partial charge in [-0.05, 0) is 40.0 Å². The van der Waals surface area contributed by atoms with E-state index in [1.165, 1.54) is 11.1 Å². The summed E-state index contributed by atoms with van der Waals surface area (Å²) in [7, 11) is -1.60. The van der Waals surface area contributed by atoms with Gasteiger partial charge in [0.2, 0.25) is 0 Å². The lowest BCUT2D eigenvalue weighted by atomic mass is 10.1.